The second-order valence-corrected chi connectivity index (χ2v) is 5.77. The van der Waals surface area contributed by atoms with Gasteiger partial charge < -0.3 is 15.0 Å². The first-order valence-electron chi connectivity index (χ1n) is 6.19. The highest BCUT2D eigenvalue weighted by Gasteiger charge is 2.39. The number of fused-ring (bicyclic) bond motifs is 2. The molecule has 1 N–H and O–H groups in total. The molecule has 92 valence electrons. The highest BCUT2D eigenvalue weighted by atomic mass is 16.6. The van der Waals surface area contributed by atoms with Gasteiger partial charge in [-0.3, -0.25) is 0 Å². The van der Waals surface area contributed by atoms with Crippen molar-refractivity contribution in [2.24, 2.45) is 0 Å². The Hall–Kier alpha value is -0.770. The van der Waals surface area contributed by atoms with E-state index in [2.05, 4.69) is 5.32 Å². The van der Waals surface area contributed by atoms with Crippen molar-refractivity contribution in [2.75, 3.05) is 13.1 Å². The number of amides is 1. The first-order valence-corrected chi connectivity index (χ1v) is 6.19. The molecule has 2 atom stereocenters. The summed E-state index contributed by atoms with van der Waals surface area (Å²) in [6.07, 6.45) is 3.15. The first-order chi connectivity index (χ1) is 7.47. The number of ether oxygens (including phenoxy) is 1. The fourth-order valence-corrected chi connectivity index (χ4v) is 2.60. The van der Waals surface area contributed by atoms with Crippen LogP contribution < -0.4 is 5.32 Å². The van der Waals surface area contributed by atoms with E-state index in [0.29, 0.717) is 12.1 Å². The SMILES string of the molecule is CC(C)(C)OC(=O)N1C2CCNC[C@@H]1CC2. The van der Waals surface area contributed by atoms with Gasteiger partial charge in [0.1, 0.15) is 5.60 Å². The molecule has 2 aliphatic rings. The van der Waals surface area contributed by atoms with Crippen molar-refractivity contribution >= 4 is 6.09 Å². The third kappa shape index (κ3) is 2.48. The molecule has 1 amide bonds. The lowest BCUT2D eigenvalue weighted by atomic mass is 10.1. The van der Waals surface area contributed by atoms with Gasteiger partial charge in [-0.25, -0.2) is 4.79 Å². The number of carbonyl (C=O) groups excluding carboxylic acids is 1. The lowest BCUT2D eigenvalue weighted by Crippen LogP contribution is -2.45. The lowest BCUT2D eigenvalue weighted by Gasteiger charge is -2.30. The summed E-state index contributed by atoms with van der Waals surface area (Å²) in [4.78, 5) is 14.1. The summed E-state index contributed by atoms with van der Waals surface area (Å²) in [5, 5.41) is 3.38. The molecule has 2 rings (SSSR count). The third-order valence-electron chi connectivity index (χ3n) is 3.26. The molecule has 0 aromatic rings. The lowest BCUT2D eigenvalue weighted by molar-refractivity contribution is 0.0161. The van der Waals surface area contributed by atoms with Gasteiger partial charge in [0.05, 0.1) is 0 Å². The Bertz CT molecular complexity index is 259. The number of hydrogen-bond acceptors (Lipinski definition) is 3. The van der Waals surface area contributed by atoms with Crippen LogP contribution in [0.1, 0.15) is 40.0 Å². The number of carbonyl (C=O) groups is 1. The van der Waals surface area contributed by atoms with Crippen molar-refractivity contribution in [2.45, 2.75) is 57.7 Å². The van der Waals surface area contributed by atoms with Crippen molar-refractivity contribution in [3.63, 3.8) is 0 Å². The van der Waals surface area contributed by atoms with E-state index in [1.807, 2.05) is 25.7 Å². The summed E-state index contributed by atoms with van der Waals surface area (Å²) in [5.41, 5.74) is -0.393. The van der Waals surface area contributed by atoms with Gasteiger partial charge in [-0.2, -0.15) is 0 Å². The van der Waals surface area contributed by atoms with Crippen LogP contribution in [-0.4, -0.2) is 41.8 Å². The fraction of sp³-hybridized carbons (Fsp3) is 0.917. The van der Waals surface area contributed by atoms with Crippen LogP contribution in [0.5, 0.6) is 0 Å². The molecule has 0 saturated carbocycles. The first kappa shape index (κ1) is 11.7. The largest absolute Gasteiger partial charge is 0.444 e. The zero-order valence-corrected chi connectivity index (χ0v) is 10.5. The summed E-state index contributed by atoms with van der Waals surface area (Å²) in [5.74, 6) is 0. The van der Waals surface area contributed by atoms with E-state index in [1.165, 1.54) is 0 Å². The van der Waals surface area contributed by atoms with Crippen molar-refractivity contribution < 1.29 is 9.53 Å². The molecule has 2 aliphatic heterocycles. The maximum absolute atomic E-state index is 12.1. The van der Waals surface area contributed by atoms with Gasteiger partial charge >= 0.3 is 6.09 Å². The van der Waals surface area contributed by atoms with E-state index >= 15 is 0 Å². The quantitative estimate of drug-likeness (QED) is 0.684. The van der Waals surface area contributed by atoms with Gasteiger partial charge in [0, 0.05) is 18.6 Å². The van der Waals surface area contributed by atoms with E-state index in [0.717, 1.165) is 32.4 Å². The van der Waals surface area contributed by atoms with Crippen molar-refractivity contribution in [3.8, 4) is 0 Å². The number of nitrogens with zero attached hydrogens (tertiary/aromatic N) is 1. The smallest absolute Gasteiger partial charge is 0.410 e. The average Bonchev–Trinajstić information content (AvgIpc) is 2.36. The second-order valence-electron chi connectivity index (χ2n) is 5.77. The minimum atomic E-state index is -0.393. The van der Waals surface area contributed by atoms with E-state index in [-0.39, 0.29) is 6.09 Å². The van der Waals surface area contributed by atoms with Crippen LogP contribution in [0.3, 0.4) is 0 Å². The highest BCUT2D eigenvalue weighted by molar-refractivity contribution is 5.69. The van der Waals surface area contributed by atoms with Crippen molar-refractivity contribution in [1.29, 1.82) is 0 Å². The summed E-state index contributed by atoms with van der Waals surface area (Å²) in [6.45, 7) is 7.69. The normalized spacial score (nSPS) is 30.1. The molecule has 0 spiro atoms. The van der Waals surface area contributed by atoms with Crippen LogP contribution in [0, 0.1) is 0 Å². The number of hydrogen-bond donors (Lipinski definition) is 1. The van der Waals surface area contributed by atoms with E-state index in [4.69, 9.17) is 4.74 Å². The summed E-state index contributed by atoms with van der Waals surface area (Å²) in [7, 11) is 0. The molecule has 0 radical (unpaired) electrons. The number of nitrogens with one attached hydrogen (secondary N) is 1. The zero-order chi connectivity index (χ0) is 11.8. The molecule has 0 aromatic heterocycles. The Balaban J connectivity index is 2.05. The molecule has 4 nitrogen and oxygen atoms in total. The predicted octanol–water partition coefficient (Wildman–Crippen LogP) is 1.75. The van der Waals surface area contributed by atoms with Gasteiger partial charge in [0.2, 0.25) is 0 Å². The minimum Gasteiger partial charge on any atom is -0.444 e. The van der Waals surface area contributed by atoms with Crippen LogP contribution in [0.15, 0.2) is 0 Å². The van der Waals surface area contributed by atoms with Crippen LogP contribution >= 0.6 is 0 Å². The number of rotatable bonds is 0. The van der Waals surface area contributed by atoms with Gasteiger partial charge in [-0.15, -0.1) is 0 Å². The molecule has 2 heterocycles. The van der Waals surface area contributed by atoms with Crippen molar-refractivity contribution in [3.05, 3.63) is 0 Å². The molecule has 0 aromatic carbocycles. The molecular formula is C12H22N2O2. The molecular weight excluding hydrogens is 204 g/mol. The van der Waals surface area contributed by atoms with E-state index in [1.54, 1.807) is 0 Å². The average molecular weight is 226 g/mol. The van der Waals surface area contributed by atoms with Crippen LogP contribution in [0.25, 0.3) is 0 Å². The molecule has 16 heavy (non-hydrogen) atoms. The summed E-state index contributed by atoms with van der Waals surface area (Å²) < 4.78 is 5.47. The van der Waals surface area contributed by atoms with Gasteiger partial charge in [0.15, 0.2) is 0 Å². The summed E-state index contributed by atoms with van der Waals surface area (Å²) >= 11 is 0. The van der Waals surface area contributed by atoms with Crippen LogP contribution in [-0.2, 0) is 4.74 Å². The monoisotopic (exact) mass is 226 g/mol. The summed E-state index contributed by atoms with van der Waals surface area (Å²) in [6, 6.07) is 0.720. The standard InChI is InChI=1S/C12H22N2O2/c1-12(2,3)16-11(15)14-9-4-5-10(14)8-13-7-6-9/h9-10,13H,4-8H2,1-3H3/t9?,10-/m0/s1. The highest BCUT2D eigenvalue weighted by Crippen LogP contribution is 2.29. The Morgan fingerprint density at radius 1 is 1.25 bits per heavy atom. The zero-order valence-electron chi connectivity index (χ0n) is 10.5. The minimum absolute atomic E-state index is 0.135. The Labute approximate surface area is 97.3 Å². The fourth-order valence-electron chi connectivity index (χ4n) is 2.60. The second kappa shape index (κ2) is 4.24. The van der Waals surface area contributed by atoms with E-state index in [9.17, 15) is 4.79 Å². The molecule has 2 bridgehead atoms. The Kier molecular flexibility index (Phi) is 3.10. The topological polar surface area (TPSA) is 41.6 Å². The molecule has 1 unspecified atom stereocenters. The van der Waals surface area contributed by atoms with Crippen LogP contribution in [0.4, 0.5) is 4.79 Å². The molecule has 2 saturated heterocycles. The molecule has 4 heteroatoms. The maximum atomic E-state index is 12.1. The maximum Gasteiger partial charge on any atom is 0.410 e. The third-order valence-corrected chi connectivity index (χ3v) is 3.26. The van der Waals surface area contributed by atoms with Gasteiger partial charge in [-0.1, -0.05) is 0 Å². The van der Waals surface area contributed by atoms with E-state index < -0.39 is 5.60 Å². The molecule has 2 fully saturated rings. The Morgan fingerprint density at radius 3 is 2.62 bits per heavy atom. The van der Waals surface area contributed by atoms with Gasteiger partial charge in [0.25, 0.3) is 0 Å². The van der Waals surface area contributed by atoms with Crippen molar-refractivity contribution in [1.82, 2.24) is 10.2 Å². The molecule has 0 aliphatic carbocycles. The Morgan fingerprint density at radius 2 is 1.94 bits per heavy atom. The van der Waals surface area contributed by atoms with Crippen LogP contribution in [0.2, 0.25) is 0 Å². The predicted molar refractivity (Wildman–Crippen MR) is 62.4 cm³/mol. The van der Waals surface area contributed by atoms with Gasteiger partial charge in [-0.05, 0) is 46.6 Å².